The number of hydrogen-bond donors (Lipinski definition) is 2. The number of rotatable bonds is 6. The SMILES string of the molecule is CC(C)(C)OC(=O)NCCCSOOO. The van der Waals surface area contributed by atoms with E-state index in [1.54, 1.807) is 20.8 Å². The van der Waals surface area contributed by atoms with Crippen LogP contribution in [0, 0.1) is 0 Å². The second-order valence-corrected chi connectivity index (χ2v) is 4.53. The summed E-state index contributed by atoms with van der Waals surface area (Å²) in [4.78, 5) is 11.1. The number of carbonyl (C=O) groups is 1. The highest BCUT2D eigenvalue weighted by Crippen LogP contribution is 2.06. The van der Waals surface area contributed by atoms with Crippen molar-refractivity contribution in [1.82, 2.24) is 5.32 Å². The predicted molar refractivity (Wildman–Crippen MR) is 56.1 cm³/mol. The molecule has 0 radical (unpaired) electrons. The second kappa shape index (κ2) is 7.75. The highest BCUT2D eigenvalue weighted by molar-refractivity contribution is 7.94. The summed E-state index contributed by atoms with van der Waals surface area (Å²) < 4.78 is 9.16. The Morgan fingerprint density at radius 3 is 2.67 bits per heavy atom. The maximum atomic E-state index is 11.1. The molecule has 0 saturated heterocycles. The fourth-order valence-electron chi connectivity index (χ4n) is 0.691. The Bertz CT molecular complexity index is 182. The third-order valence-corrected chi connectivity index (χ3v) is 1.76. The second-order valence-electron chi connectivity index (χ2n) is 3.75. The molecule has 15 heavy (non-hydrogen) atoms. The molecule has 0 aliphatic rings. The van der Waals surface area contributed by atoms with Crippen LogP contribution >= 0.6 is 12.0 Å². The molecule has 90 valence electrons. The standard InChI is InChI=1S/C8H17NO5S/c1-8(2,3)12-7(10)9-5-4-6-15-14-13-11/h11H,4-6H2,1-3H3,(H,9,10). The topological polar surface area (TPSA) is 77.0 Å². The van der Waals surface area contributed by atoms with Crippen LogP contribution in [-0.2, 0) is 14.1 Å². The van der Waals surface area contributed by atoms with Gasteiger partial charge in [0.05, 0.1) is 0 Å². The molecule has 0 heterocycles. The van der Waals surface area contributed by atoms with Gasteiger partial charge in [-0.3, -0.25) is 0 Å². The van der Waals surface area contributed by atoms with E-state index in [1.165, 1.54) is 0 Å². The van der Waals surface area contributed by atoms with Crippen LogP contribution in [0.1, 0.15) is 27.2 Å². The molecule has 0 atom stereocenters. The highest BCUT2D eigenvalue weighted by Gasteiger charge is 2.15. The van der Waals surface area contributed by atoms with Gasteiger partial charge in [-0.1, -0.05) is 5.04 Å². The molecule has 0 unspecified atom stereocenters. The quantitative estimate of drug-likeness (QED) is 0.319. The van der Waals surface area contributed by atoms with Crippen LogP contribution in [0.15, 0.2) is 0 Å². The Morgan fingerprint density at radius 2 is 2.13 bits per heavy atom. The maximum Gasteiger partial charge on any atom is 0.407 e. The van der Waals surface area contributed by atoms with Gasteiger partial charge in [-0.05, 0) is 27.2 Å². The van der Waals surface area contributed by atoms with Gasteiger partial charge in [-0.25, -0.2) is 10.1 Å². The van der Waals surface area contributed by atoms with Crippen molar-refractivity contribution in [2.45, 2.75) is 32.8 Å². The first-order chi connectivity index (χ1) is 6.95. The molecule has 0 aromatic rings. The zero-order valence-electron chi connectivity index (χ0n) is 9.11. The lowest BCUT2D eigenvalue weighted by Crippen LogP contribution is -2.33. The van der Waals surface area contributed by atoms with Crippen molar-refractivity contribution >= 4 is 18.1 Å². The predicted octanol–water partition coefficient (Wildman–Crippen LogP) is 1.97. The van der Waals surface area contributed by atoms with Crippen molar-refractivity contribution in [2.24, 2.45) is 0 Å². The van der Waals surface area contributed by atoms with Gasteiger partial charge in [-0.15, -0.1) is 4.33 Å². The van der Waals surface area contributed by atoms with Crippen molar-refractivity contribution in [3.8, 4) is 0 Å². The lowest BCUT2D eigenvalue weighted by molar-refractivity contribution is -0.432. The Kier molecular flexibility index (Phi) is 7.49. The molecule has 7 heteroatoms. The first kappa shape index (κ1) is 14.5. The van der Waals surface area contributed by atoms with Gasteiger partial charge in [0.15, 0.2) is 0 Å². The van der Waals surface area contributed by atoms with Gasteiger partial charge in [-0.2, -0.15) is 0 Å². The van der Waals surface area contributed by atoms with Crippen LogP contribution < -0.4 is 5.32 Å². The van der Waals surface area contributed by atoms with E-state index in [2.05, 4.69) is 14.7 Å². The van der Waals surface area contributed by atoms with E-state index >= 15 is 0 Å². The lowest BCUT2D eigenvalue weighted by atomic mass is 10.2. The van der Waals surface area contributed by atoms with Crippen LogP contribution in [-0.4, -0.2) is 29.2 Å². The minimum Gasteiger partial charge on any atom is -0.444 e. The van der Waals surface area contributed by atoms with E-state index in [1.807, 2.05) is 0 Å². The molecule has 0 bridgehead atoms. The lowest BCUT2D eigenvalue weighted by Gasteiger charge is -2.19. The zero-order valence-corrected chi connectivity index (χ0v) is 9.93. The van der Waals surface area contributed by atoms with Crippen LogP contribution in [0.4, 0.5) is 4.79 Å². The van der Waals surface area contributed by atoms with Crippen molar-refractivity contribution in [3.05, 3.63) is 0 Å². The molecule has 2 N–H and O–H groups in total. The van der Waals surface area contributed by atoms with Gasteiger partial charge in [0.25, 0.3) is 0 Å². The van der Waals surface area contributed by atoms with Gasteiger partial charge in [0, 0.05) is 24.3 Å². The number of ether oxygens (including phenoxy) is 1. The summed E-state index contributed by atoms with van der Waals surface area (Å²) in [5.41, 5.74) is -0.479. The number of alkyl carbamates (subject to hydrolysis) is 1. The average Bonchev–Trinajstić information content (AvgIpc) is 2.08. The van der Waals surface area contributed by atoms with Gasteiger partial charge < -0.3 is 10.1 Å². The molecule has 0 spiro atoms. The maximum absolute atomic E-state index is 11.1. The molecule has 0 aromatic carbocycles. The fourth-order valence-corrected chi connectivity index (χ4v) is 1.06. The molecule has 0 aliphatic heterocycles. The molecule has 0 rings (SSSR count). The minimum atomic E-state index is -0.479. The zero-order chi connectivity index (χ0) is 11.7. The molecule has 0 saturated carbocycles. The van der Waals surface area contributed by atoms with Crippen molar-refractivity contribution in [1.29, 1.82) is 0 Å². The summed E-state index contributed by atoms with van der Waals surface area (Å²) in [6, 6.07) is 0. The first-order valence-corrected chi connectivity index (χ1v) is 5.43. The number of amides is 1. The van der Waals surface area contributed by atoms with Crippen molar-refractivity contribution in [3.63, 3.8) is 0 Å². The normalized spacial score (nSPS) is 11.2. The number of carbonyl (C=O) groups excluding carboxylic acids is 1. The molecule has 1 amide bonds. The van der Waals surface area contributed by atoms with E-state index < -0.39 is 11.7 Å². The molecular weight excluding hydrogens is 222 g/mol. The summed E-state index contributed by atoms with van der Waals surface area (Å²) in [5.74, 6) is 0.594. The van der Waals surface area contributed by atoms with E-state index in [9.17, 15) is 4.79 Å². The molecular formula is C8H17NO5S. The van der Waals surface area contributed by atoms with E-state index in [-0.39, 0.29) is 0 Å². The van der Waals surface area contributed by atoms with Crippen LogP contribution in [0.25, 0.3) is 0 Å². The van der Waals surface area contributed by atoms with Crippen LogP contribution in [0.3, 0.4) is 0 Å². The minimum absolute atomic E-state index is 0.438. The number of nitrogens with one attached hydrogen (secondary N) is 1. The molecule has 0 aromatic heterocycles. The highest BCUT2D eigenvalue weighted by atomic mass is 32.2. The average molecular weight is 239 g/mol. The summed E-state index contributed by atoms with van der Waals surface area (Å²) in [7, 11) is 0. The Labute approximate surface area is 93.3 Å². The summed E-state index contributed by atoms with van der Waals surface area (Å²) in [6.45, 7) is 5.88. The van der Waals surface area contributed by atoms with E-state index in [0.29, 0.717) is 18.7 Å². The fraction of sp³-hybridized carbons (Fsp3) is 0.875. The molecule has 0 fully saturated rings. The summed E-state index contributed by atoms with van der Waals surface area (Å²) >= 11 is 0.954. The monoisotopic (exact) mass is 239 g/mol. The molecule has 6 nitrogen and oxygen atoms in total. The van der Waals surface area contributed by atoms with E-state index in [0.717, 1.165) is 12.0 Å². The van der Waals surface area contributed by atoms with Crippen LogP contribution in [0.2, 0.25) is 0 Å². The molecule has 0 aliphatic carbocycles. The smallest absolute Gasteiger partial charge is 0.407 e. The summed E-state index contributed by atoms with van der Waals surface area (Å²) in [6.07, 6.45) is 0.250. The van der Waals surface area contributed by atoms with Gasteiger partial charge in [0.1, 0.15) is 5.60 Å². The van der Waals surface area contributed by atoms with Crippen LogP contribution in [0.5, 0.6) is 0 Å². The Morgan fingerprint density at radius 1 is 1.47 bits per heavy atom. The first-order valence-electron chi connectivity index (χ1n) is 4.52. The van der Waals surface area contributed by atoms with Crippen molar-refractivity contribution < 1.29 is 24.2 Å². The Balaban J connectivity index is 3.32. The Hall–Kier alpha value is -0.500. The third kappa shape index (κ3) is 11.4. The van der Waals surface area contributed by atoms with E-state index in [4.69, 9.17) is 9.99 Å². The largest absolute Gasteiger partial charge is 0.444 e. The van der Waals surface area contributed by atoms with Gasteiger partial charge >= 0.3 is 6.09 Å². The van der Waals surface area contributed by atoms with Crippen molar-refractivity contribution in [2.75, 3.05) is 12.3 Å². The third-order valence-electron chi connectivity index (χ3n) is 1.15. The van der Waals surface area contributed by atoms with Gasteiger partial charge in [0.2, 0.25) is 0 Å². The number of hydrogen-bond acceptors (Lipinski definition) is 6. The summed E-state index contributed by atoms with van der Waals surface area (Å²) in [5, 5.41) is 13.8.